The molecule has 0 fully saturated rings. The summed E-state index contributed by atoms with van der Waals surface area (Å²) in [7, 11) is 1.44. The summed E-state index contributed by atoms with van der Waals surface area (Å²) in [6, 6.07) is 13.3. The first kappa shape index (κ1) is 16.7. The van der Waals surface area contributed by atoms with E-state index in [1.54, 1.807) is 42.5 Å². The minimum Gasteiger partial charge on any atom is -0.504 e. The molecular weight excluding hydrogens is 294 g/mol. The van der Waals surface area contributed by atoms with Gasteiger partial charge >= 0.3 is 0 Å². The highest BCUT2D eigenvalue weighted by atomic mass is 16.5. The molecule has 1 atom stereocenters. The molecule has 0 amide bonds. The van der Waals surface area contributed by atoms with Crippen LogP contribution in [0.4, 0.5) is 0 Å². The van der Waals surface area contributed by atoms with Gasteiger partial charge in [-0.05, 0) is 29.3 Å². The smallest absolute Gasteiger partial charge is 0.193 e. The van der Waals surface area contributed by atoms with Crippen LogP contribution in [0.5, 0.6) is 11.5 Å². The highest BCUT2D eigenvalue weighted by molar-refractivity contribution is 6.00. The molecule has 120 valence electrons. The van der Waals surface area contributed by atoms with Crippen molar-refractivity contribution in [2.75, 3.05) is 13.7 Å². The van der Waals surface area contributed by atoms with Gasteiger partial charge in [0, 0.05) is 6.54 Å². The number of hydrogen-bond acceptors (Lipinski definition) is 5. The van der Waals surface area contributed by atoms with E-state index >= 15 is 0 Å². The molecule has 0 saturated carbocycles. The van der Waals surface area contributed by atoms with E-state index in [1.165, 1.54) is 25.3 Å². The number of phenolic OH excluding ortho intramolecular Hbond substituents is 1. The summed E-state index contributed by atoms with van der Waals surface area (Å²) in [6.45, 7) is -0.223. The van der Waals surface area contributed by atoms with E-state index in [0.717, 1.165) is 0 Å². The van der Waals surface area contributed by atoms with Crippen molar-refractivity contribution in [2.45, 2.75) is 5.60 Å². The molecule has 0 aliphatic carbocycles. The molecule has 0 aliphatic rings. The Morgan fingerprint density at radius 1 is 1.26 bits per heavy atom. The maximum absolute atomic E-state index is 12.4. The number of methoxy groups -OCH3 is 1. The van der Waals surface area contributed by atoms with Crippen LogP contribution >= 0.6 is 0 Å². The standard InChI is InChI=1S/C18H19NO4/c1-23-16-11-13(7-9-15(16)20)8-10-17(21)18(22,12-19)14-5-3-2-4-6-14/h2-11,20,22H,12,19H2,1H3/b10-8+. The number of ether oxygens (including phenoxy) is 1. The van der Waals surface area contributed by atoms with Crippen LogP contribution in [0.2, 0.25) is 0 Å². The number of carbonyl (C=O) groups is 1. The number of aliphatic hydroxyl groups is 1. The third kappa shape index (κ3) is 3.59. The fourth-order valence-corrected chi connectivity index (χ4v) is 2.18. The minimum absolute atomic E-state index is 0.0127. The lowest BCUT2D eigenvalue weighted by Crippen LogP contribution is -2.41. The largest absolute Gasteiger partial charge is 0.504 e. The zero-order valence-electron chi connectivity index (χ0n) is 12.8. The second-order valence-electron chi connectivity index (χ2n) is 5.06. The molecule has 0 bridgehead atoms. The summed E-state index contributed by atoms with van der Waals surface area (Å²) in [5, 5.41) is 20.1. The molecule has 0 heterocycles. The number of ketones is 1. The fourth-order valence-electron chi connectivity index (χ4n) is 2.18. The van der Waals surface area contributed by atoms with E-state index in [2.05, 4.69) is 0 Å². The van der Waals surface area contributed by atoms with Gasteiger partial charge < -0.3 is 20.7 Å². The van der Waals surface area contributed by atoms with Crippen LogP contribution in [0, 0.1) is 0 Å². The predicted octanol–water partition coefficient (Wildman–Crippen LogP) is 1.83. The van der Waals surface area contributed by atoms with Crippen LogP contribution in [0.15, 0.2) is 54.6 Å². The van der Waals surface area contributed by atoms with Crippen LogP contribution < -0.4 is 10.5 Å². The van der Waals surface area contributed by atoms with Crippen LogP contribution in [-0.4, -0.2) is 29.7 Å². The molecule has 0 radical (unpaired) electrons. The zero-order chi connectivity index (χ0) is 16.9. The van der Waals surface area contributed by atoms with Crippen molar-refractivity contribution in [3.8, 4) is 11.5 Å². The first-order chi connectivity index (χ1) is 11.0. The Kier molecular flexibility index (Phi) is 5.16. The van der Waals surface area contributed by atoms with E-state index in [-0.39, 0.29) is 12.3 Å². The number of rotatable bonds is 6. The van der Waals surface area contributed by atoms with Crippen LogP contribution in [0.1, 0.15) is 11.1 Å². The summed E-state index contributed by atoms with van der Waals surface area (Å²) in [5.41, 5.74) is 4.95. The second-order valence-corrected chi connectivity index (χ2v) is 5.06. The molecule has 5 heteroatoms. The van der Waals surface area contributed by atoms with Crippen molar-refractivity contribution in [3.05, 3.63) is 65.7 Å². The van der Waals surface area contributed by atoms with E-state index in [9.17, 15) is 15.0 Å². The zero-order valence-corrected chi connectivity index (χ0v) is 12.8. The Bertz CT molecular complexity index is 712. The van der Waals surface area contributed by atoms with Gasteiger partial charge in [0.1, 0.15) is 0 Å². The SMILES string of the molecule is COc1cc(/C=C/C(=O)C(O)(CN)c2ccccc2)ccc1O. The lowest BCUT2D eigenvalue weighted by Gasteiger charge is -2.24. The van der Waals surface area contributed by atoms with Gasteiger partial charge in [-0.2, -0.15) is 0 Å². The Balaban J connectivity index is 2.26. The number of nitrogens with two attached hydrogens (primary N) is 1. The van der Waals surface area contributed by atoms with Crippen molar-refractivity contribution >= 4 is 11.9 Å². The third-order valence-electron chi connectivity index (χ3n) is 3.59. The molecule has 1 unspecified atom stereocenters. The lowest BCUT2D eigenvalue weighted by atomic mass is 9.89. The third-order valence-corrected chi connectivity index (χ3v) is 3.59. The van der Waals surface area contributed by atoms with E-state index in [1.807, 2.05) is 0 Å². The first-order valence-electron chi connectivity index (χ1n) is 7.08. The predicted molar refractivity (Wildman–Crippen MR) is 88.1 cm³/mol. The first-order valence-corrected chi connectivity index (χ1v) is 7.08. The minimum atomic E-state index is -1.77. The molecule has 5 nitrogen and oxygen atoms in total. The average molecular weight is 313 g/mol. The van der Waals surface area contributed by atoms with Gasteiger partial charge in [0.05, 0.1) is 7.11 Å². The van der Waals surface area contributed by atoms with Crippen molar-refractivity contribution in [2.24, 2.45) is 5.73 Å². The Labute approximate surface area is 134 Å². The number of aromatic hydroxyl groups is 1. The average Bonchev–Trinajstić information content (AvgIpc) is 2.60. The number of phenols is 1. The number of hydrogen-bond donors (Lipinski definition) is 3. The lowest BCUT2D eigenvalue weighted by molar-refractivity contribution is -0.132. The van der Waals surface area contributed by atoms with Crippen molar-refractivity contribution in [1.82, 2.24) is 0 Å². The summed E-state index contributed by atoms with van der Waals surface area (Å²) < 4.78 is 5.01. The summed E-state index contributed by atoms with van der Waals surface area (Å²) >= 11 is 0. The molecule has 2 rings (SSSR count). The number of benzene rings is 2. The van der Waals surface area contributed by atoms with Crippen molar-refractivity contribution in [1.29, 1.82) is 0 Å². The summed E-state index contributed by atoms with van der Waals surface area (Å²) in [4.78, 5) is 12.4. The van der Waals surface area contributed by atoms with Crippen molar-refractivity contribution in [3.63, 3.8) is 0 Å². The maximum atomic E-state index is 12.4. The summed E-state index contributed by atoms with van der Waals surface area (Å²) in [6.07, 6.45) is 2.81. The van der Waals surface area contributed by atoms with Crippen LogP contribution in [0.3, 0.4) is 0 Å². The molecule has 23 heavy (non-hydrogen) atoms. The molecule has 2 aromatic rings. The van der Waals surface area contributed by atoms with Gasteiger partial charge in [-0.15, -0.1) is 0 Å². The van der Waals surface area contributed by atoms with Gasteiger partial charge in [0.25, 0.3) is 0 Å². The molecule has 0 saturated heterocycles. The quantitative estimate of drug-likeness (QED) is 0.708. The van der Waals surface area contributed by atoms with Gasteiger partial charge in [-0.25, -0.2) is 0 Å². The second kappa shape index (κ2) is 7.09. The Morgan fingerprint density at radius 3 is 2.57 bits per heavy atom. The van der Waals surface area contributed by atoms with E-state index < -0.39 is 11.4 Å². The van der Waals surface area contributed by atoms with Gasteiger partial charge in [-0.1, -0.05) is 42.5 Å². The molecule has 2 aromatic carbocycles. The molecular formula is C18H19NO4. The molecule has 0 aromatic heterocycles. The van der Waals surface area contributed by atoms with E-state index in [0.29, 0.717) is 16.9 Å². The number of carbonyl (C=O) groups excluding carboxylic acids is 1. The van der Waals surface area contributed by atoms with Gasteiger partial charge in [0.2, 0.25) is 0 Å². The van der Waals surface area contributed by atoms with Crippen LogP contribution in [0.25, 0.3) is 6.08 Å². The Hall–Kier alpha value is -2.63. The highest BCUT2D eigenvalue weighted by Gasteiger charge is 2.34. The maximum Gasteiger partial charge on any atom is 0.193 e. The molecule has 0 spiro atoms. The Morgan fingerprint density at radius 2 is 1.96 bits per heavy atom. The normalized spacial score (nSPS) is 13.7. The van der Waals surface area contributed by atoms with E-state index in [4.69, 9.17) is 10.5 Å². The topological polar surface area (TPSA) is 92.8 Å². The molecule has 4 N–H and O–H groups in total. The fraction of sp³-hybridized carbons (Fsp3) is 0.167. The van der Waals surface area contributed by atoms with Crippen molar-refractivity contribution < 1.29 is 19.7 Å². The van der Waals surface area contributed by atoms with Gasteiger partial charge in [-0.3, -0.25) is 4.79 Å². The highest BCUT2D eigenvalue weighted by Crippen LogP contribution is 2.27. The monoisotopic (exact) mass is 313 g/mol. The van der Waals surface area contributed by atoms with Gasteiger partial charge in [0.15, 0.2) is 22.9 Å². The molecule has 0 aliphatic heterocycles. The summed E-state index contributed by atoms with van der Waals surface area (Å²) in [5.74, 6) is -0.200. The van der Waals surface area contributed by atoms with Crippen LogP contribution in [-0.2, 0) is 10.4 Å².